The van der Waals surface area contributed by atoms with Crippen molar-refractivity contribution in [2.45, 2.75) is 70.9 Å². The number of carbonyl (C=O) groups is 1. The van der Waals surface area contributed by atoms with E-state index >= 15 is 0 Å². The van der Waals surface area contributed by atoms with E-state index in [1.165, 1.54) is 0 Å². The van der Waals surface area contributed by atoms with Crippen LogP contribution in [0.1, 0.15) is 65.3 Å². The van der Waals surface area contributed by atoms with E-state index in [1.807, 2.05) is 52.0 Å². The molecule has 6 heteroatoms. The van der Waals surface area contributed by atoms with Crippen molar-refractivity contribution in [2.24, 2.45) is 0 Å². The second-order valence-electron chi connectivity index (χ2n) is 7.60. The van der Waals surface area contributed by atoms with Gasteiger partial charge in [0.25, 0.3) is 0 Å². The third-order valence-electron chi connectivity index (χ3n) is 5.07. The molecule has 25 heavy (non-hydrogen) atoms. The molecule has 1 heterocycles. The lowest BCUT2D eigenvalue weighted by Gasteiger charge is -2.32. The second-order valence-corrected chi connectivity index (χ2v) is 7.60. The van der Waals surface area contributed by atoms with Gasteiger partial charge in [0.15, 0.2) is 0 Å². The Balaban J connectivity index is 2.16. The number of rotatable bonds is 8. The molecular weight excluding hydrogens is 319 g/mol. The van der Waals surface area contributed by atoms with Gasteiger partial charge >= 0.3 is 13.1 Å². The predicted octanol–water partition coefficient (Wildman–Crippen LogP) is 4.06. The Morgan fingerprint density at radius 3 is 2.20 bits per heavy atom. The average molecular weight is 348 g/mol. The summed E-state index contributed by atoms with van der Waals surface area (Å²) in [7, 11) is -0.590. The lowest BCUT2D eigenvalue weighted by atomic mass is 9.66. The Hall–Kier alpha value is -1.53. The van der Waals surface area contributed by atoms with Crippen LogP contribution in [-0.4, -0.2) is 36.0 Å². The number of hydrogen-bond acceptors (Lipinski definition) is 4. The van der Waals surface area contributed by atoms with Crippen LogP contribution in [0, 0.1) is 0 Å². The van der Waals surface area contributed by atoms with Gasteiger partial charge in [-0.3, -0.25) is 4.79 Å². The summed E-state index contributed by atoms with van der Waals surface area (Å²) in [4.78, 5) is 11.4. The Labute approximate surface area is 150 Å². The van der Waals surface area contributed by atoms with E-state index in [2.05, 4.69) is 6.92 Å². The molecule has 1 fully saturated rings. The molecule has 0 aromatic heterocycles. The van der Waals surface area contributed by atoms with Crippen molar-refractivity contribution in [3.63, 3.8) is 0 Å². The molecule has 1 aliphatic heterocycles. The van der Waals surface area contributed by atoms with Crippen LogP contribution in [-0.2, 0) is 14.1 Å². The molecular formula is C19H29BO5. The van der Waals surface area contributed by atoms with E-state index in [9.17, 15) is 9.90 Å². The highest BCUT2D eigenvalue weighted by Crippen LogP contribution is 2.41. The molecule has 0 bridgehead atoms. The van der Waals surface area contributed by atoms with Crippen LogP contribution in [0.2, 0.25) is 0 Å². The van der Waals surface area contributed by atoms with Gasteiger partial charge in [-0.25, -0.2) is 0 Å². The van der Waals surface area contributed by atoms with Crippen molar-refractivity contribution in [3.05, 3.63) is 29.8 Å². The van der Waals surface area contributed by atoms with Gasteiger partial charge in [0, 0.05) is 5.82 Å². The van der Waals surface area contributed by atoms with Crippen molar-refractivity contribution in [1.29, 1.82) is 0 Å². The average Bonchev–Trinajstić information content (AvgIpc) is 2.74. The van der Waals surface area contributed by atoms with E-state index < -0.39 is 24.3 Å². The lowest BCUT2D eigenvalue weighted by molar-refractivity contribution is -0.137. The summed E-state index contributed by atoms with van der Waals surface area (Å²) in [6.07, 6.45) is 2.05. The van der Waals surface area contributed by atoms with Crippen molar-refractivity contribution < 1.29 is 23.9 Å². The lowest BCUT2D eigenvalue weighted by Crippen LogP contribution is -2.41. The van der Waals surface area contributed by atoms with Crippen LogP contribution in [0.25, 0.3) is 0 Å². The molecule has 0 saturated carbocycles. The largest absolute Gasteiger partial charge is 0.494 e. The minimum absolute atomic E-state index is 0.0487. The van der Waals surface area contributed by atoms with Gasteiger partial charge in [-0.2, -0.15) is 0 Å². The smallest absolute Gasteiger partial charge is 0.466 e. The molecule has 1 aliphatic rings. The number of unbranched alkanes of at least 4 members (excludes halogenated alkanes) is 1. The summed E-state index contributed by atoms with van der Waals surface area (Å²) in [5.74, 6) is -0.452. The Morgan fingerprint density at radius 1 is 1.16 bits per heavy atom. The minimum Gasteiger partial charge on any atom is -0.494 e. The van der Waals surface area contributed by atoms with Crippen LogP contribution in [0.15, 0.2) is 24.3 Å². The van der Waals surface area contributed by atoms with Crippen LogP contribution < -0.4 is 4.74 Å². The monoisotopic (exact) mass is 348 g/mol. The molecule has 2 rings (SSSR count). The number of aliphatic carboxylic acids is 1. The maximum Gasteiger partial charge on any atom is 0.466 e. The highest BCUT2D eigenvalue weighted by atomic mass is 16.7. The summed E-state index contributed by atoms with van der Waals surface area (Å²) in [5.41, 5.74) is -0.0985. The molecule has 0 aliphatic carbocycles. The van der Waals surface area contributed by atoms with Gasteiger partial charge in [-0.15, -0.1) is 0 Å². The van der Waals surface area contributed by atoms with E-state index in [4.69, 9.17) is 14.0 Å². The van der Waals surface area contributed by atoms with Gasteiger partial charge in [0.1, 0.15) is 5.75 Å². The standard InChI is InChI=1S/C19H29BO5/c1-6-7-12-23-15-10-8-14(9-11-15)16(13-17(21)22)20-24-18(2,3)19(4,5)25-20/h8-11,16H,6-7,12-13H2,1-5H3,(H,21,22). The number of benzene rings is 1. The molecule has 1 unspecified atom stereocenters. The SMILES string of the molecule is CCCCOc1ccc(C(CC(=O)O)B2OC(C)(C)C(C)(C)O2)cc1. The van der Waals surface area contributed by atoms with E-state index in [-0.39, 0.29) is 12.2 Å². The van der Waals surface area contributed by atoms with Crippen molar-refractivity contribution in [1.82, 2.24) is 0 Å². The first-order valence-corrected chi connectivity index (χ1v) is 8.96. The molecule has 0 amide bonds. The molecule has 1 aromatic rings. The minimum atomic E-state index is -0.872. The van der Waals surface area contributed by atoms with Gasteiger partial charge in [-0.05, 0) is 51.8 Å². The fourth-order valence-corrected chi connectivity index (χ4v) is 2.76. The Morgan fingerprint density at radius 2 is 1.72 bits per heavy atom. The fraction of sp³-hybridized carbons (Fsp3) is 0.632. The fourth-order valence-electron chi connectivity index (χ4n) is 2.76. The molecule has 1 N–H and O–H groups in total. The quantitative estimate of drug-likeness (QED) is 0.567. The first-order valence-electron chi connectivity index (χ1n) is 8.96. The molecule has 0 radical (unpaired) electrons. The van der Waals surface area contributed by atoms with Crippen molar-refractivity contribution in [3.8, 4) is 5.75 Å². The van der Waals surface area contributed by atoms with Crippen LogP contribution in [0.4, 0.5) is 0 Å². The maximum absolute atomic E-state index is 11.4. The van der Waals surface area contributed by atoms with Crippen LogP contribution in [0.5, 0.6) is 5.75 Å². The summed E-state index contributed by atoms with van der Waals surface area (Å²) in [5, 5.41) is 9.33. The molecule has 1 saturated heterocycles. The second kappa shape index (κ2) is 7.79. The van der Waals surface area contributed by atoms with E-state index in [0.29, 0.717) is 6.61 Å². The third kappa shape index (κ3) is 4.76. The van der Waals surface area contributed by atoms with Gasteiger partial charge in [-0.1, -0.05) is 25.5 Å². The zero-order valence-electron chi connectivity index (χ0n) is 15.9. The Bertz CT molecular complexity index is 566. The molecule has 0 spiro atoms. The Kier molecular flexibility index (Phi) is 6.17. The number of carboxylic acid groups (broad SMARTS) is 1. The number of hydrogen-bond donors (Lipinski definition) is 1. The van der Waals surface area contributed by atoms with Gasteiger partial charge in [0.2, 0.25) is 0 Å². The maximum atomic E-state index is 11.4. The summed E-state index contributed by atoms with van der Waals surface area (Å²) in [6.45, 7) is 10.7. The van der Waals surface area contributed by atoms with Crippen LogP contribution >= 0.6 is 0 Å². The van der Waals surface area contributed by atoms with Crippen molar-refractivity contribution >= 4 is 13.1 Å². The normalized spacial score (nSPS) is 19.6. The zero-order chi connectivity index (χ0) is 18.7. The summed E-state index contributed by atoms with van der Waals surface area (Å²) in [6, 6.07) is 7.57. The molecule has 1 aromatic carbocycles. The number of carboxylic acids is 1. The van der Waals surface area contributed by atoms with Crippen LogP contribution in [0.3, 0.4) is 0 Å². The first-order chi connectivity index (χ1) is 11.7. The molecule has 1 atom stereocenters. The van der Waals surface area contributed by atoms with Crippen molar-refractivity contribution in [2.75, 3.05) is 6.61 Å². The van der Waals surface area contributed by atoms with Gasteiger partial charge < -0.3 is 19.2 Å². The third-order valence-corrected chi connectivity index (χ3v) is 5.07. The van der Waals surface area contributed by atoms with Gasteiger partial charge in [0.05, 0.1) is 24.2 Å². The predicted molar refractivity (Wildman–Crippen MR) is 97.9 cm³/mol. The van der Waals surface area contributed by atoms with E-state index in [1.54, 1.807) is 0 Å². The summed E-state index contributed by atoms with van der Waals surface area (Å²) >= 11 is 0. The highest BCUT2D eigenvalue weighted by Gasteiger charge is 2.54. The van der Waals surface area contributed by atoms with E-state index in [0.717, 1.165) is 24.2 Å². The highest BCUT2D eigenvalue weighted by molar-refractivity contribution is 6.48. The zero-order valence-corrected chi connectivity index (χ0v) is 15.9. The molecule has 5 nitrogen and oxygen atoms in total. The number of ether oxygens (including phenoxy) is 1. The molecule has 138 valence electrons. The summed E-state index contributed by atoms with van der Waals surface area (Å²) < 4.78 is 17.8. The first kappa shape index (κ1) is 19.8. The topological polar surface area (TPSA) is 65.0 Å².